The molecule has 0 heterocycles. The Morgan fingerprint density at radius 2 is 1.83 bits per heavy atom. The third-order valence-corrected chi connectivity index (χ3v) is 3.77. The van der Waals surface area contributed by atoms with Crippen LogP contribution in [0.2, 0.25) is 0 Å². The number of quaternary nitrogens is 1. The van der Waals surface area contributed by atoms with Gasteiger partial charge in [-0.25, -0.2) is 0 Å². The first-order valence-electron chi connectivity index (χ1n) is 7.72. The van der Waals surface area contributed by atoms with Crippen LogP contribution >= 0.6 is 0 Å². The molecule has 0 aromatic heterocycles. The van der Waals surface area contributed by atoms with Crippen LogP contribution in [0.25, 0.3) is 0 Å². The molecule has 0 radical (unpaired) electrons. The number of nitrogens with one attached hydrogen (secondary N) is 2. The van der Waals surface area contributed by atoms with E-state index >= 15 is 0 Å². The van der Waals surface area contributed by atoms with Gasteiger partial charge in [-0.2, -0.15) is 0 Å². The van der Waals surface area contributed by atoms with Gasteiger partial charge in [-0.15, -0.1) is 0 Å². The molecule has 0 aliphatic carbocycles. The van der Waals surface area contributed by atoms with Gasteiger partial charge in [0.2, 0.25) is 0 Å². The number of Topliss-reactive ketones (excluding diaryl/α,β-unsaturated/α-hetero) is 1. The lowest BCUT2D eigenvalue weighted by Gasteiger charge is -2.15. The summed E-state index contributed by atoms with van der Waals surface area (Å²) >= 11 is 0. The molecule has 0 aliphatic heterocycles. The Morgan fingerprint density at radius 1 is 1.09 bits per heavy atom. The van der Waals surface area contributed by atoms with Crippen LogP contribution in [0.3, 0.4) is 0 Å². The smallest absolute Gasteiger partial charge is 0.279 e. The molecule has 4 nitrogen and oxygen atoms in total. The zero-order valence-electron chi connectivity index (χ0n) is 13.8. The molecule has 0 bridgehead atoms. The second kappa shape index (κ2) is 7.70. The standard InChI is InChI=1S/C19H22N2O2/c1-14-7-4-5-8-17(14)12-21(3)13-19(23)20-18-10-6-9-16(11-18)15(2)22/h4-11H,12-13H2,1-3H3,(H,20,23)/p+1. The van der Waals surface area contributed by atoms with Gasteiger partial charge >= 0.3 is 0 Å². The first-order valence-corrected chi connectivity index (χ1v) is 7.72. The van der Waals surface area contributed by atoms with E-state index in [9.17, 15) is 9.59 Å². The summed E-state index contributed by atoms with van der Waals surface area (Å²) in [5, 5.41) is 2.86. The van der Waals surface area contributed by atoms with E-state index in [0.29, 0.717) is 17.8 Å². The zero-order valence-corrected chi connectivity index (χ0v) is 13.8. The van der Waals surface area contributed by atoms with Gasteiger partial charge in [0.25, 0.3) is 5.91 Å². The maximum Gasteiger partial charge on any atom is 0.279 e. The topological polar surface area (TPSA) is 50.6 Å². The lowest BCUT2D eigenvalue weighted by atomic mass is 10.1. The average Bonchev–Trinajstić information content (AvgIpc) is 2.49. The minimum Gasteiger partial charge on any atom is -0.326 e. The predicted octanol–water partition coefficient (Wildman–Crippen LogP) is 1.85. The van der Waals surface area contributed by atoms with Crippen molar-refractivity contribution < 1.29 is 14.5 Å². The summed E-state index contributed by atoms with van der Waals surface area (Å²) in [6.07, 6.45) is 0. The highest BCUT2D eigenvalue weighted by Gasteiger charge is 2.12. The number of aryl methyl sites for hydroxylation is 1. The molecule has 2 aromatic carbocycles. The van der Waals surface area contributed by atoms with Crippen molar-refractivity contribution >= 4 is 17.4 Å². The highest BCUT2D eigenvalue weighted by atomic mass is 16.2. The summed E-state index contributed by atoms with van der Waals surface area (Å²) in [4.78, 5) is 24.7. The largest absolute Gasteiger partial charge is 0.326 e. The summed E-state index contributed by atoms with van der Waals surface area (Å²) in [6.45, 7) is 4.77. The van der Waals surface area contributed by atoms with E-state index in [1.807, 2.05) is 19.2 Å². The van der Waals surface area contributed by atoms with E-state index in [2.05, 4.69) is 24.4 Å². The van der Waals surface area contributed by atoms with Crippen molar-refractivity contribution in [2.75, 3.05) is 18.9 Å². The number of hydrogen-bond acceptors (Lipinski definition) is 2. The van der Waals surface area contributed by atoms with Crippen molar-refractivity contribution in [3.05, 3.63) is 65.2 Å². The number of amides is 1. The van der Waals surface area contributed by atoms with Crippen molar-refractivity contribution in [3.63, 3.8) is 0 Å². The first kappa shape index (κ1) is 16.9. The van der Waals surface area contributed by atoms with Crippen LogP contribution in [0.1, 0.15) is 28.4 Å². The number of benzene rings is 2. The maximum absolute atomic E-state index is 12.2. The van der Waals surface area contributed by atoms with Gasteiger partial charge in [-0.05, 0) is 31.5 Å². The van der Waals surface area contributed by atoms with Crippen molar-refractivity contribution in [2.24, 2.45) is 0 Å². The quantitative estimate of drug-likeness (QED) is 0.800. The normalized spacial score (nSPS) is 11.8. The maximum atomic E-state index is 12.2. The lowest BCUT2D eigenvalue weighted by molar-refractivity contribution is -0.885. The fourth-order valence-corrected chi connectivity index (χ4v) is 2.49. The summed E-state index contributed by atoms with van der Waals surface area (Å²) in [5.74, 6) is -0.0693. The van der Waals surface area contributed by atoms with Crippen LogP contribution in [0.15, 0.2) is 48.5 Å². The molecule has 1 unspecified atom stereocenters. The van der Waals surface area contributed by atoms with Gasteiger partial charge in [-0.1, -0.05) is 36.4 Å². The second-order valence-corrected chi connectivity index (χ2v) is 5.92. The molecule has 23 heavy (non-hydrogen) atoms. The van der Waals surface area contributed by atoms with Gasteiger partial charge in [0.05, 0.1) is 7.05 Å². The summed E-state index contributed by atoms with van der Waals surface area (Å²) in [6, 6.07) is 15.2. The van der Waals surface area contributed by atoms with Gasteiger partial charge < -0.3 is 10.2 Å². The monoisotopic (exact) mass is 311 g/mol. The SMILES string of the molecule is CC(=O)c1cccc(NC(=O)C[NH+](C)Cc2ccccc2C)c1. The number of rotatable bonds is 6. The molecule has 2 rings (SSSR count). The van der Waals surface area contributed by atoms with Crippen molar-refractivity contribution in [1.29, 1.82) is 0 Å². The van der Waals surface area contributed by atoms with E-state index in [1.165, 1.54) is 18.1 Å². The number of ketones is 1. The Labute approximate surface area is 137 Å². The molecule has 0 saturated carbocycles. The third-order valence-electron chi connectivity index (χ3n) is 3.77. The molecular formula is C19H23N2O2+. The summed E-state index contributed by atoms with van der Waals surface area (Å²) in [7, 11) is 2.00. The fourth-order valence-electron chi connectivity index (χ4n) is 2.49. The molecule has 0 fully saturated rings. The average molecular weight is 311 g/mol. The molecule has 120 valence electrons. The van der Waals surface area contributed by atoms with E-state index in [-0.39, 0.29) is 11.7 Å². The van der Waals surface area contributed by atoms with Crippen molar-refractivity contribution in [2.45, 2.75) is 20.4 Å². The molecule has 1 atom stereocenters. The fraction of sp³-hybridized carbons (Fsp3) is 0.263. The van der Waals surface area contributed by atoms with Gasteiger partial charge in [-0.3, -0.25) is 9.59 Å². The lowest BCUT2D eigenvalue weighted by Crippen LogP contribution is -3.08. The highest BCUT2D eigenvalue weighted by Crippen LogP contribution is 2.10. The zero-order chi connectivity index (χ0) is 16.8. The summed E-state index contributed by atoms with van der Waals surface area (Å²) in [5.41, 5.74) is 3.74. The highest BCUT2D eigenvalue weighted by molar-refractivity contribution is 5.97. The molecule has 4 heteroatoms. The molecule has 0 spiro atoms. The number of carbonyl (C=O) groups excluding carboxylic acids is 2. The predicted molar refractivity (Wildman–Crippen MR) is 91.7 cm³/mol. The van der Waals surface area contributed by atoms with Crippen LogP contribution in [0.5, 0.6) is 0 Å². The number of likely N-dealkylation sites (N-methyl/N-ethyl adjacent to an activating group) is 1. The van der Waals surface area contributed by atoms with Crippen LogP contribution in [-0.4, -0.2) is 25.3 Å². The Bertz CT molecular complexity index is 710. The molecule has 0 saturated heterocycles. The second-order valence-electron chi connectivity index (χ2n) is 5.92. The molecular weight excluding hydrogens is 288 g/mol. The van der Waals surface area contributed by atoms with Gasteiger partial charge in [0, 0.05) is 16.8 Å². The number of carbonyl (C=O) groups is 2. The summed E-state index contributed by atoms with van der Waals surface area (Å²) < 4.78 is 0. The van der Waals surface area contributed by atoms with Crippen LogP contribution in [-0.2, 0) is 11.3 Å². The number of hydrogen-bond donors (Lipinski definition) is 2. The molecule has 2 aromatic rings. The number of anilines is 1. The Kier molecular flexibility index (Phi) is 5.66. The molecule has 1 amide bonds. The van der Waals surface area contributed by atoms with E-state index in [1.54, 1.807) is 24.3 Å². The van der Waals surface area contributed by atoms with E-state index < -0.39 is 0 Å². The van der Waals surface area contributed by atoms with Crippen LogP contribution in [0.4, 0.5) is 5.69 Å². The van der Waals surface area contributed by atoms with Crippen LogP contribution < -0.4 is 10.2 Å². The van der Waals surface area contributed by atoms with Crippen molar-refractivity contribution in [3.8, 4) is 0 Å². The van der Waals surface area contributed by atoms with E-state index in [4.69, 9.17) is 0 Å². The minimum absolute atomic E-state index is 0.0107. The molecule has 0 aliphatic rings. The Morgan fingerprint density at radius 3 is 2.52 bits per heavy atom. The van der Waals surface area contributed by atoms with Gasteiger partial charge in [0.15, 0.2) is 12.3 Å². The van der Waals surface area contributed by atoms with Crippen LogP contribution in [0, 0.1) is 6.92 Å². The van der Waals surface area contributed by atoms with Gasteiger partial charge in [0.1, 0.15) is 6.54 Å². The third kappa shape index (κ3) is 5.04. The minimum atomic E-state index is -0.0585. The Balaban J connectivity index is 1.93. The first-order chi connectivity index (χ1) is 11.0. The Hall–Kier alpha value is -2.46. The molecule has 2 N–H and O–H groups in total. The van der Waals surface area contributed by atoms with Crippen molar-refractivity contribution in [1.82, 2.24) is 0 Å². The van der Waals surface area contributed by atoms with E-state index in [0.717, 1.165) is 11.4 Å².